The van der Waals surface area contributed by atoms with Gasteiger partial charge in [-0.15, -0.1) is 0 Å². The average Bonchev–Trinajstić information content (AvgIpc) is 3.06. The molecule has 5 nitrogen and oxygen atoms in total. The Bertz CT molecular complexity index is 628. The number of carbonyl (C=O) groups is 1. The number of rotatable bonds is 3. The van der Waals surface area contributed by atoms with Gasteiger partial charge in [0.1, 0.15) is 0 Å². The predicted molar refractivity (Wildman–Crippen MR) is 91.5 cm³/mol. The lowest BCUT2D eigenvalue weighted by atomic mass is 9.94. The summed E-state index contributed by atoms with van der Waals surface area (Å²) in [4.78, 5) is 17.9. The summed E-state index contributed by atoms with van der Waals surface area (Å²) in [6.07, 6.45) is 5.53. The molecule has 1 aromatic carbocycles. The van der Waals surface area contributed by atoms with E-state index in [0.29, 0.717) is 6.42 Å². The largest absolute Gasteiger partial charge is 0.384 e. The molecule has 3 rings (SSSR count). The molecule has 0 radical (unpaired) electrons. The second-order valence-electron chi connectivity index (χ2n) is 5.67. The van der Waals surface area contributed by atoms with E-state index < -0.39 is 0 Å². The Balaban J connectivity index is 1.92. The van der Waals surface area contributed by atoms with Gasteiger partial charge in [-0.3, -0.25) is 9.79 Å². The maximum atomic E-state index is 11.9. The zero-order valence-electron chi connectivity index (χ0n) is 13.1. The van der Waals surface area contributed by atoms with Gasteiger partial charge in [0.15, 0.2) is 0 Å². The molecule has 2 aliphatic rings. The lowest BCUT2D eigenvalue weighted by Crippen LogP contribution is -2.26. The summed E-state index contributed by atoms with van der Waals surface area (Å²) >= 11 is 0. The number of hydrogen-bond donors (Lipinski definition) is 2. The second kappa shape index (κ2) is 6.22. The van der Waals surface area contributed by atoms with Crippen molar-refractivity contribution in [3.05, 3.63) is 29.8 Å². The molecule has 0 saturated carbocycles. The molecule has 22 heavy (non-hydrogen) atoms. The van der Waals surface area contributed by atoms with Gasteiger partial charge in [0.2, 0.25) is 5.91 Å². The molecule has 0 aromatic heterocycles. The van der Waals surface area contributed by atoms with Crippen molar-refractivity contribution < 1.29 is 4.79 Å². The van der Waals surface area contributed by atoms with Crippen molar-refractivity contribution in [3.8, 4) is 0 Å². The van der Waals surface area contributed by atoms with E-state index in [0.717, 1.165) is 30.9 Å². The van der Waals surface area contributed by atoms with Gasteiger partial charge in [0.25, 0.3) is 0 Å². The Morgan fingerprint density at radius 1 is 1.50 bits per heavy atom. The highest BCUT2D eigenvalue weighted by Crippen LogP contribution is 2.34. The first kappa shape index (κ1) is 14.6. The number of nitrogens with zero attached hydrogens (tertiary/aromatic N) is 2. The lowest BCUT2D eigenvalue weighted by molar-refractivity contribution is -0.118. The summed E-state index contributed by atoms with van der Waals surface area (Å²) in [5, 5.41) is 6.68. The van der Waals surface area contributed by atoms with Gasteiger partial charge in [0, 0.05) is 37.0 Å². The zero-order chi connectivity index (χ0) is 15.5. The van der Waals surface area contributed by atoms with Gasteiger partial charge in [-0.2, -0.15) is 0 Å². The summed E-state index contributed by atoms with van der Waals surface area (Å²) in [6, 6.07) is 6.45. The molecule has 0 bridgehead atoms. The van der Waals surface area contributed by atoms with Crippen LogP contribution in [-0.2, 0) is 4.79 Å². The van der Waals surface area contributed by atoms with Crippen LogP contribution in [0.25, 0.3) is 5.57 Å². The van der Waals surface area contributed by atoms with Crippen molar-refractivity contribution in [1.82, 2.24) is 5.32 Å². The highest BCUT2D eigenvalue weighted by Gasteiger charge is 2.18. The summed E-state index contributed by atoms with van der Waals surface area (Å²) in [5.74, 6) is 0.125. The Kier molecular flexibility index (Phi) is 4.13. The minimum atomic E-state index is 0.125. The Morgan fingerprint density at radius 2 is 2.36 bits per heavy atom. The van der Waals surface area contributed by atoms with E-state index in [1.807, 2.05) is 20.0 Å². The maximum Gasteiger partial charge on any atom is 0.226 e. The zero-order valence-corrected chi connectivity index (χ0v) is 13.1. The van der Waals surface area contributed by atoms with Crippen molar-refractivity contribution in [2.24, 2.45) is 4.99 Å². The minimum Gasteiger partial charge on any atom is -0.384 e. The number of fused-ring (bicyclic) bond motifs is 1. The number of aliphatic imine (C=N–C) groups is 1. The molecule has 1 unspecified atom stereocenters. The van der Waals surface area contributed by atoms with Crippen LogP contribution >= 0.6 is 0 Å². The van der Waals surface area contributed by atoms with E-state index in [1.165, 1.54) is 11.1 Å². The summed E-state index contributed by atoms with van der Waals surface area (Å²) in [6.45, 7) is 3.62. The number of carbonyl (C=O) groups excluding carboxylic acids is 1. The van der Waals surface area contributed by atoms with Crippen LogP contribution < -0.4 is 15.5 Å². The predicted octanol–water partition coefficient (Wildman–Crippen LogP) is 2.26. The molecule has 5 heteroatoms. The van der Waals surface area contributed by atoms with Crippen LogP contribution in [0.2, 0.25) is 0 Å². The highest BCUT2D eigenvalue weighted by atomic mass is 16.2. The van der Waals surface area contributed by atoms with Gasteiger partial charge in [-0.25, -0.2) is 0 Å². The van der Waals surface area contributed by atoms with Crippen molar-refractivity contribution in [3.63, 3.8) is 0 Å². The quantitative estimate of drug-likeness (QED) is 0.900. The van der Waals surface area contributed by atoms with Crippen LogP contribution in [0, 0.1) is 0 Å². The Morgan fingerprint density at radius 3 is 3.09 bits per heavy atom. The van der Waals surface area contributed by atoms with Gasteiger partial charge < -0.3 is 15.5 Å². The van der Waals surface area contributed by atoms with E-state index in [1.54, 1.807) is 11.2 Å². The molecule has 0 aliphatic carbocycles. The topological polar surface area (TPSA) is 56.7 Å². The molecule has 0 spiro atoms. The van der Waals surface area contributed by atoms with Crippen molar-refractivity contribution in [1.29, 1.82) is 0 Å². The van der Waals surface area contributed by atoms with Gasteiger partial charge in [-0.05, 0) is 30.2 Å². The lowest BCUT2D eigenvalue weighted by Gasteiger charge is -2.25. The number of anilines is 2. The first-order chi connectivity index (χ1) is 10.7. The minimum absolute atomic E-state index is 0.125. The molecular formula is C17H22N4O. The number of amides is 1. The van der Waals surface area contributed by atoms with E-state index >= 15 is 0 Å². The van der Waals surface area contributed by atoms with Crippen LogP contribution in [0.15, 0.2) is 29.3 Å². The van der Waals surface area contributed by atoms with Gasteiger partial charge in [0.05, 0.1) is 18.9 Å². The van der Waals surface area contributed by atoms with Crippen molar-refractivity contribution >= 4 is 29.2 Å². The van der Waals surface area contributed by atoms with Gasteiger partial charge >= 0.3 is 0 Å². The first-order valence-corrected chi connectivity index (χ1v) is 7.79. The van der Waals surface area contributed by atoms with Crippen LogP contribution in [0.5, 0.6) is 0 Å². The SMILES string of the molecule is CCC(=O)N(C)c1ccc2c(c1)/C(=C/C1CN=CN1)CCN2. The van der Waals surface area contributed by atoms with E-state index in [-0.39, 0.29) is 11.9 Å². The molecule has 2 aliphatic heterocycles. The van der Waals surface area contributed by atoms with E-state index in [9.17, 15) is 4.79 Å². The van der Waals surface area contributed by atoms with Crippen molar-refractivity contribution in [2.45, 2.75) is 25.8 Å². The van der Waals surface area contributed by atoms with Crippen molar-refractivity contribution in [2.75, 3.05) is 30.4 Å². The third-order valence-corrected chi connectivity index (χ3v) is 4.21. The van der Waals surface area contributed by atoms with E-state index in [2.05, 4.69) is 33.8 Å². The first-order valence-electron chi connectivity index (χ1n) is 7.79. The van der Waals surface area contributed by atoms with E-state index in [4.69, 9.17) is 0 Å². The molecule has 1 aromatic rings. The fourth-order valence-electron chi connectivity index (χ4n) is 2.89. The van der Waals surface area contributed by atoms with Gasteiger partial charge in [-0.1, -0.05) is 13.0 Å². The average molecular weight is 298 g/mol. The molecule has 2 heterocycles. The van der Waals surface area contributed by atoms with Crippen LogP contribution in [0.3, 0.4) is 0 Å². The smallest absolute Gasteiger partial charge is 0.226 e. The Hall–Kier alpha value is -2.30. The standard InChI is InChI=1S/C17H22N4O/c1-3-17(22)21(2)14-4-5-16-15(9-14)12(6-7-19-16)8-13-10-18-11-20-13/h4-5,8-9,11,13,19H,3,6-7,10H2,1-2H3,(H,18,20)/b12-8+. The van der Waals surface area contributed by atoms with Crippen LogP contribution in [0.4, 0.5) is 11.4 Å². The fraction of sp³-hybridized carbons (Fsp3) is 0.412. The monoisotopic (exact) mass is 298 g/mol. The fourth-order valence-corrected chi connectivity index (χ4v) is 2.89. The van der Waals surface area contributed by atoms with Crippen LogP contribution in [0.1, 0.15) is 25.3 Å². The third-order valence-electron chi connectivity index (χ3n) is 4.21. The molecule has 2 N–H and O–H groups in total. The summed E-state index contributed by atoms with van der Waals surface area (Å²) < 4.78 is 0. The Labute approximate surface area is 131 Å². The normalized spacial score (nSPS) is 21.2. The number of hydrogen-bond acceptors (Lipinski definition) is 4. The summed E-state index contributed by atoms with van der Waals surface area (Å²) in [7, 11) is 1.83. The highest BCUT2D eigenvalue weighted by molar-refractivity contribution is 5.94. The molecule has 0 saturated heterocycles. The molecule has 116 valence electrons. The third kappa shape index (κ3) is 2.84. The summed E-state index contributed by atoms with van der Waals surface area (Å²) in [5.41, 5.74) is 4.58. The molecule has 0 fully saturated rings. The number of benzene rings is 1. The second-order valence-corrected chi connectivity index (χ2v) is 5.67. The maximum absolute atomic E-state index is 11.9. The molecule has 1 atom stereocenters. The molecular weight excluding hydrogens is 276 g/mol. The molecule has 1 amide bonds. The number of nitrogens with one attached hydrogen (secondary N) is 2. The van der Waals surface area contributed by atoms with Crippen LogP contribution in [-0.4, -0.2) is 38.4 Å².